The van der Waals surface area contributed by atoms with E-state index in [1.165, 1.54) is 11.9 Å². The number of rotatable bonds is 7. The van der Waals surface area contributed by atoms with Crippen LogP contribution in [-0.2, 0) is 0 Å². The quantitative estimate of drug-likeness (QED) is 0.584. The van der Waals surface area contributed by atoms with Crippen LogP contribution in [0.4, 0.5) is 4.79 Å². The highest BCUT2D eigenvalue weighted by atomic mass is 32.2. The van der Waals surface area contributed by atoms with E-state index in [-0.39, 0.29) is 0 Å². The first kappa shape index (κ1) is 14.7. The lowest BCUT2D eigenvalue weighted by Crippen LogP contribution is -2.22. The fourth-order valence-electron chi connectivity index (χ4n) is 1.28. The van der Waals surface area contributed by atoms with E-state index in [1.807, 2.05) is 38.4 Å². The van der Waals surface area contributed by atoms with E-state index in [9.17, 15) is 4.79 Å². The summed E-state index contributed by atoms with van der Waals surface area (Å²) in [6.07, 6.45) is 0.993. The Balaban J connectivity index is 2.29. The zero-order valence-corrected chi connectivity index (χ0v) is 11.5. The molecule has 3 N–H and O–H groups in total. The molecule has 0 fully saturated rings. The van der Waals surface area contributed by atoms with Crippen molar-refractivity contribution in [3.63, 3.8) is 0 Å². The van der Waals surface area contributed by atoms with Crippen molar-refractivity contribution in [3.8, 4) is 5.75 Å². The van der Waals surface area contributed by atoms with Crippen LogP contribution in [0.25, 0.3) is 0 Å². The topological polar surface area (TPSA) is 67.6 Å². The summed E-state index contributed by atoms with van der Waals surface area (Å²) in [4.78, 5) is 13.6. The molecule has 1 rings (SSSR count). The number of nitrogens with two attached hydrogens (primary N) is 1. The molecule has 0 aromatic heterocycles. The van der Waals surface area contributed by atoms with Crippen molar-refractivity contribution in [2.24, 2.45) is 5.73 Å². The highest BCUT2D eigenvalue weighted by Gasteiger charge is 1.98. The molecule has 18 heavy (non-hydrogen) atoms. The molecule has 0 aliphatic heterocycles. The number of carbonyl (C=O) groups is 1. The third kappa shape index (κ3) is 6.36. The van der Waals surface area contributed by atoms with Gasteiger partial charge in [-0.2, -0.15) is 0 Å². The summed E-state index contributed by atoms with van der Waals surface area (Å²) in [7, 11) is 4.08. The fraction of sp³-hybridized carbons (Fsp3) is 0.417. The molecule has 1 aromatic carbocycles. The van der Waals surface area contributed by atoms with E-state index in [2.05, 4.69) is 9.62 Å². The van der Waals surface area contributed by atoms with E-state index in [4.69, 9.17) is 10.5 Å². The number of primary amides is 1. The molecule has 2 amide bonds. The molecule has 6 heteroatoms. The van der Waals surface area contributed by atoms with Crippen LogP contribution < -0.4 is 15.2 Å². The first-order chi connectivity index (χ1) is 8.58. The normalized spacial score (nSPS) is 10.4. The van der Waals surface area contributed by atoms with E-state index >= 15 is 0 Å². The van der Waals surface area contributed by atoms with Crippen LogP contribution in [0.5, 0.6) is 5.75 Å². The predicted molar refractivity (Wildman–Crippen MR) is 73.7 cm³/mol. The molecule has 0 unspecified atom stereocenters. The molecule has 100 valence electrons. The molecule has 1 aromatic rings. The Kier molecular flexibility index (Phi) is 6.38. The van der Waals surface area contributed by atoms with E-state index in [0.717, 1.165) is 23.6 Å². The second-order valence-electron chi connectivity index (χ2n) is 4.05. The maximum atomic E-state index is 10.5. The van der Waals surface area contributed by atoms with Crippen molar-refractivity contribution in [1.82, 2.24) is 9.62 Å². The highest BCUT2D eigenvalue weighted by molar-refractivity contribution is 7.98. The molecule has 0 saturated heterocycles. The van der Waals surface area contributed by atoms with E-state index in [1.54, 1.807) is 0 Å². The van der Waals surface area contributed by atoms with Gasteiger partial charge in [0, 0.05) is 11.4 Å². The van der Waals surface area contributed by atoms with Gasteiger partial charge in [-0.3, -0.25) is 4.72 Å². The van der Waals surface area contributed by atoms with Crippen LogP contribution in [-0.4, -0.2) is 38.2 Å². The summed E-state index contributed by atoms with van der Waals surface area (Å²) >= 11 is 1.18. The van der Waals surface area contributed by atoms with Gasteiger partial charge in [-0.1, -0.05) is 0 Å². The van der Waals surface area contributed by atoms with Crippen molar-refractivity contribution in [2.45, 2.75) is 11.3 Å². The van der Waals surface area contributed by atoms with Gasteiger partial charge in [0.1, 0.15) is 5.75 Å². The minimum absolute atomic E-state index is 0.552. The lowest BCUT2D eigenvalue weighted by atomic mass is 10.3. The molecular weight excluding hydrogens is 250 g/mol. The van der Waals surface area contributed by atoms with Crippen molar-refractivity contribution in [2.75, 3.05) is 27.2 Å². The Morgan fingerprint density at radius 1 is 1.39 bits per heavy atom. The number of hydrogen-bond donors (Lipinski definition) is 2. The van der Waals surface area contributed by atoms with Gasteiger partial charge in [0.2, 0.25) is 0 Å². The standard InChI is InChI=1S/C12H19N3O2S/c1-15(2)8-3-9-17-10-4-6-11(7-5-10)18-14-12(13)16/h4-7H,3,8-9H2,1-2H3,(H3,13,14,16). The Hall–Kier alpha value is -1.40. The minimum atomic E-state index is -0.552. The fourth-order valence-corrected chi connectivity index (χ4v) is 1.77. The molecule has 0 bridgehead atoms. The summed E-state index contributed by atoms with van der Waals surface area (Å²) < 4.78 is 8.04. The maximum absolute atomic E-state index is 10.5. The smallest absolute Gasteiger partial charge is 0.322 e. The van der Waals surface area contributed by atoms with Crippen molar-refractivity contribution < 1.29 is 9.53 Å². The Bertz CT molecular complexity index is 368. The number of urea groups is 1. The minimum Gasteiger partial charge on any atom is -0.494 e. The SMILES string of the molecule is CN(C)CCCOc1ccc(SNC(N)=O)cc1. The first-order valence-corrected chi connectivity index (χ1v) is 6.49. The van der Waals surface area contributed by atoms with Gasteiger partial charge in [0.25, 0.3) is 0 Å². The van der Waals surface area contributed by atoms with Gasteiger partial charge >= 0.3 is 6.03 Å². The summed E-state index contributed by atoms with van der Waals surface area (Å²) in [6.45, 7) is 1.71. The van der Waals surface area contributed by atoms with Crippen molar-refractivity contribution >= 4 is 18.0 Å². The second kappa shape index (κ2) is 7.84. The molecule has 0 saturated carbocycles. The van der Waals surface area contributed by atoms with Crippen LogP contribution in [0.1, 0.15) is 6.42 Å². The number of benzene rings is 1. The molecule has 0 radical (unpaired) electrons. The largest absolute Gasteiger partial charge is 0.494 e. The predicted octanol–water partition coefficient (Wildman–Crippen LogP) is 1.69. The van der Waals surface area contributed by atoms with E-state index < -0.39 is 6.03 Å². The highest BCUT2D eigenvalue weighted by Crippen LogP contribution is 2.19. The number of nitrogens with one attached hydrogen (secondary N) is 1. The molecule has 0 aliphatic carbocycles. The first-order valence-electron chi connectivity index (χ1n) is 5.68. The van der Waals surface area contributed by atoms with Gasteiger partial charge in [-0.25, -0.2) is 4.79 Å². The number of amides is 2. The van der Waals surface area contributed by atoms with Crippen LogP contribution in [0.2, 0.25) is 0 Å². The number of nitrogens with zero attached hydrogens (tertiary/aromatic N) is 1. The van der Waals surface area contributed by atoms with Crippen LogP contribution in [0.15, 0.2) is 29.2 Å². The molecule has 0 spiro atoms. The average Bonchev–Trinajstić information content (AvgIpc) is 2.33. The molecule has 0 aliphatic rings. The Morgan fingerprint density at radius 3 is 2.61 bits per heavy atom. The zero-order chi connectivity index (χ0) is 13.4. The Labute approximate surface area is 112 Å². The van der Waals surface area contributed by atoms with Crippen molar-refractivity contribution in [1.29, 1.82) is 0 Å². The third-order valence-electron chi connectivity index (χ3n) is 2.11. The van der Waals surface area contributed by atoms with Crippen LogP contribution in [0, 0.1) is 0 Å². The van der Waals surface area contributed by atoms with Gasteiger partial charge in [0.15, 0.2) is 0 Å². The van der Waals surface area contributed by atoms with Crippen molar-refractivity contribution in [3.05, 3.63) is 24.3 Å². The van der Waals surface area contributed by atoms with E-state index in [0.29, 0.717) is 6.61 Å². The molecular formula is C12H19N3O2S. The number of carbonyl (C=O) groups excluding carboxylic acids is 1. The van der Waals surface area contributed by atoms with Gasteiger partial charge in [0.05, 0.1) is 6.61 Å². The lowest BCUT2D eigenvalue weighted by Gasteiger charge is -2.10. The molecule has 0 heterocycles. The average molecular weight is 269 g/mol. The monoisotopic (exact) mass is 269 g/mol. The van der Waals surface area contributed by atoms with Gasteiger partial charge in [-0.15, -0.1) is 0 Å². The van der Waals surface area contributed by atoms with Crippen LogP contribution >= 0.6 is 11.9 Å². The van der Waals surface area contributed by atoms with Gasteiger partial charge < -0.3 is 15.4 Å². The summed E-state index contributed by atoms with van der Waals surface area (Å²) in [5, 5.41) is 0. The molecule has 0 atom stereocenters. The zero-order valence-electron chi connectivity index (χ0n) is 10.7. The Morgan fingerprint density at radius 2 is 2.06 bits per heavy atom. The third-order valence-corrected chi connectivity index (χ3v) is 2.92. The number of hydrogen-bond acceptors (Lipinski definition) is 4. The summed E-state index contributed by atoms with van der Waals surface area (Å²) in [6, 6.07) is 6.95. The number of ether oxygens (including phenoxy) is 1. The maximum Gasteiger partial charge on any atom is 0.322 e. The molecule has 5 nitrogen and oxygen atoms in total. The summed E-state index contributed by atoms with van der Waals surface area (Å²) in [5.41, 5.74) is 4.98. The van der Waals surface area contributed by atoms with Gasteiger partial charge in [-0.05, 0) is 56.7 Å². The summed E-state index contributed by atoms with van der Waals surface area (Å²) in [5.74, 6) is 0.831. The lowest BCUT2D eigenvalue weighted by molar-refractivity contribution is 0.254. The van der Waals surface area contributed by atoms with Crippen LogP contribution in [0.3, 0.4) is 0 Å². The second-order valence-corrected chi connectivity index (χ2v) is 4.92.